The van der Waals surface area contributed by atoms with E-state index in [1.807, 2.05) is 0 Å². The van der Waals surface area contributed by atoms with Crippen LogP contribution in [0.5, 0.6) is 0 Å². The fourth-order valence-electron chi connectivity index (χ4n) is 5.27. The molecule has 24 heavy (non-hydrogen) atoms. The highest BCUT2D eigenvalue weighted by Crippen LogP contribution is 2.40. The maximum absolute atomic E-state index is 13.2. The molecule has 1 aliphatic heterocycles. The predicted molar refractivity (Wildman–Crippen MR) is 106 cm³/mol. The molecule has 0 N–H and O–H groups in total. The summed E-state index contributed by atoms with van der Waals surface area (Å²) in [5.74, 6) is 2.89. The first-order valence-corrected chi connectivity index (χ1v) is 10.7. The highest BCUT2D eigenvalue weighted by Gasteiger charge is 2.42. The van der Waals surface area contributed by atoms with Crippen LogP contribution in [-0.2, 0) is 4.79 Å². The van der Waals surface area contributed by atoms with Gasteiger partial charge in [0.2, 0.25) is 5.91 Å². The largest absolute Gasteiger partial charge is 0.337 e. The zero-order valence-corrected chi connectivity index (χ0v) is 16.9. The average molecular weight is 333 g/mol. The smallest absolute Gasteiger partial charge is 0.226 e. The number of nitrogens with zero attached hydrogens (tertiary/aromatic N) is 1. The summed E-state index contributed by atoms with van der Waals surface area (Å²) in [6, 6.07) is 0.849. The second-order valence-electron chi connectivity index (χ2n) is 9.41. The van der Waals surface area contributed by atoms with Crippen LogP contribution in [0.15, 0.2) is 0 Å². The van der Waals surface area contributed by atoms with Crippen molar-refractivity contribution in [2.24, 2.45) is 17.8 Å². The summed E-state index contributed by atoms with van der Waals surface area (Å²) in [5.41, 5.74) is 0. The molecule has 4 atom stereocenters. The topological polar surface area (TPSA) is 20.3 Å². The Bertz CT molecular complexity index is 395. The van der Waals surface area contributed by atoms with Crippen LogP contribution in [0.3, 0.4) is 0 Å². The number of hydrogen-bond donors (Lipinski definition) is 0. The van der Waals surface area contributed by atoms with Gasteiger partial charge >= 0.3 is 0 Å². The molecule has 1 heterocycles. The van der Waals surface area contributed by atoms with Gasteiger partial charge in [0.25, 0.3) is 0 Å². The Morgan fingerprint density at radius 1 is 1.00 bits per heavy atom. The van der Waals surface area contributed by atoms with Crippen molar-refractivity contribution in [3.05, 3.63) is 0 Å². The second kappa shape index (κ2) is 9.29. The van der Waals surface area contributed by atoms with E-state index in [4.69, 9.17) is 0 Å². The summed E-state index contributed by atoms with van der Waals surface area (Å²) in [6.45, 7) is 8.97. The van der Waals surface area contributed by atoms with E-state index in [0.29, 0.717) is 23.9 Å². The Hall–Kier alpha value is -0.465. The molecule has 4 unspecified atom stereocenters. The molecule has 3 heteroatoms. The Labute approximate surface area is 151 Å². The van der Waals surface area contributed by atoms with Crippen LogP contribution in [0.1, 0.15) is 91.9 Å². The first kappa shape index (κ1) is 19.9. The highest BCUT2D eigenvalue weighted by atomic mass is 16.2. The van der Waals surface area contributed by atoms with Crippen LogP contribution in [0, 0.1) is 17.8 Å². The number of piperidine rings is 1. The van der Waals surface area contributed by atoms with Gasteiger partial charge in [-0.15, -0.1) is 0 Å². The first-order chi connectivity index (χ1) is 11.4. The van der Waals surface area contributed by atoms with Crippen molar-refractivity contribution in [3.63, 3.8) is 0 Å². The van der Waals surface area contributed by atoms with Gasteiger partial charge < -0.3 is 4.90 Å². The lowest BCUT2D eigenvalue weighted by atomic mass is 9.69. The van der Waals surface area contributed by atoms with E-state index in [9.17, 15) is 4.79 Å². The molecule has 1 saturated carbocycles. The van der Waals surface area contributed by atoms with Crippen LogP contribution in [0.25, 0.3) is 0 Å². The minimum Gasteiger partial charge on any atom is -0.337 e. The molecule has 1 amide bonds. The van der Waals surface area contributed by atoms with Crippen LogP contribution < -0.4 is 0 Å². The molecule has 0 spiro atoms. The third-order valence-corrected chi connectivity index (χ3v) is 6.31. The van der Waals surface area contributed by atoms with Gasteiger partial charge in [0.15, 0.2) is 0 Å². The highest BCUT2D eigenvalue weighted by molar-refractivity contribution is 6.11. The van der Waals surface area contributed by atoms with E-state index in [1.54, 1.807) is 0 Å². The molecule has 0 aromatic carbocycles. The maximum Gasteiger partial charge on any atom is 0.226 e. The zero-order chi connectivity index (χ0) is 17.7. The minimum atomic E-state index is 0.269. The summed E-state index contributed by atoms with van der Waals surface area (Å²) in [5, 5.41) is 0. The fourth-order valence-corrected chi connectivity index (χ4v) is 5.27. The molecule has 138 valence electrons. The number of likely N-dealkylation sites (tertiary alicyclic amines) is 1. The molecular weight excluding hydrogens is 293 g/mol. The van der Waals surface area contributed by atoms with Crippen molar-refractivity contribution < 1.29 is 4.79 Å². The van der Waals surface area contributed by atoms with Crippen molar-refractivity contribution in [1.29, 1.82) is 0 Å². The van der Waals surface area contributed by atoms with E-state index in [-0.39, 0.29) is 5.92 Å². The van der Waals surface area contributed by atoms with E-state index in [1.165, 1.54) is 51.4 Å². The number of rotatable bonds is 3. The Balaban J connectivity index is 2.21. The van der Waals surface area contributed by atoms with Crippen LogP contribution in [-0.4, -0.2) is 30.7 Å². The van der Waals surface area contributed by atoms with Gasteiger partial charge in [0.1, 0.15) is 7.85 Å². The van der Waals surface area contributed by atoms with Crippen molar-refractivity contribution >= 4 is 13.8 Å². The van der Waals surface area contributed by atoms with Crippen molar-refractivity contribution in [2.45, 2.75) is 110 Å². The van der Waals surface area contributed by atoms with Gasteiger partial charge in [0, 0.05) is 18.0 Å². The summed E-state index contributed by atoms with van der Waals surface area (Å²) in [7, 11) is 2.45. The lowest BCUT2D eigenvalue weighted by molar-refractivity contribution is -0.148. The zero-order valence-electron chi connectivity index (χ0n) is 16.9. The summed E-state index contributed by atoms with van der Waals surface area (Å²) < 4.78 is 0. The molecule has 1 saturated heterocycles. The van der Waals surface area contributed by atoms with Crippen LogP contribution in [0.4, 0.5) is 0 Å². The predicted octanol–water partition coefficient (Wildman–Crippen LogP) is 4.83. The molecule has 0 radical (unpaired) electrons. The Morgan fingerprint density at radius 2 is 1.62 bits per heavy atom. The van der Waals surface area contributed by atoms with Crippen molar-refractivity contribution in [1.82, 2.24) is 4.90 Å². The van der Waals surface area contributed by atoms with Crippen LogP contribution >= 0.6 is 0 Å². The standard InChI is InChI=1S/C21H40BNO/c1-15(2)12-18-13-17-14-19(22)10-8-6-5-7-9-11-20(17)23(16(3)4)21(18)24/h15-20H,5-14,22H2,1-4H3. The Kier molecular flexibility index (Phi) is 7.69. The molecule has 2 rings (SSSR count). The minimum absolute atomic E-state index is 0.269. The summed E-state index contributed by atoms with van der Waals surface area (Å²) >= 11 is 0. The monoisotopic (exact) mass is 333 g/mol. The normalized spacial score (nSPS) is 33.4. The van der Waals surface area contributed by atoms with Crippen molar-refractivity contribution in [3.8, 4) is 0 Å². The third-order valence-electron chi connectivity index (χ3n) is 6.31. The number of amides is 1. The quantitative estimate of drug-likeness (QED) is 0.678. The van der Waals surface area contributed by atoms with E-state index in [2.05, 4.69) is 40.4 Å². The number of carbonyl (C=O) groups is 1. The molecule has 0 aromatic heterocycles. The van der Waals surface area contributed by atoms with Gasteiger partial charge in [-0.05, 0) is 44.9 Å². The molecule has 0 bridgehead atoms. The molecule has 2 aliphatic rings. The molecule has 2 nitrogen and oxygen atoms in total. The van der Waals surface area contributed by atoms with E-state index >= 15 is 0 Å². The number of hydrogen-bond acceptors (Lipinski definition) is 1. The second-order valence-corrected chi connectivity index (χ2v) is 9.41. The number of carbonyl (C=O) groups excluding carboxylic acids is 1. The van der Waals surface area contributed by atoms with Crippen LogP contribution in [0.2, 0.25) is 5.82 Å². The van der Waals surface area contributed by atoms with E-state index in [0.717, 1.165) is 24.6 Å². The van der Waals surface area contributed by atoms with Gasteiger partial charge in [-0.1, -0.05) is 64.6 Å². The lowest BCUT2D eigenvalue weighted by Crippen LogP contribution is -2.55. The van der Waals surface area contributed by atoms with Gasteiger partial charge in [-0.3, -0.25) is 4.79 Å². The lowest BCUT2D eigenvalue weighted by Gasteiger charge is -2.48. The first-order valence-electron chi connectivity index (χ1n) is 10.7. The van der Waals surface area contributed by atoms with Gasteiger partial charge in [0.05, 0.1) is 0 Å². The third kappa shape index (κ3) is 5.26. The molecular formula is C21H40BNO. The van der Waals surface area contributed by atoms with Gasteiger partial charge in [-0.2, -0.15) is 0 Å². The SMILES string of the molecule is BC1CCCCCCCC2C(C1)CC(CC(C)C)C(=O)N2C(C)C. The fraction of sp³-hybridized carbons (Fsp3) is 0.952. The van der Waals surface area contributed by atoms with Crippen molar-refractivity contribution in [2.75, 3.05) is 0 Å². The average Bonchev–Trinajstić information content (AvgIpc) is 2.52. The molecule has 1 aliphatic carbocycles. The van der Waals surface area contributed by atoms with Gasteiger partial charge in [-0.25, -0.2) is 0 Å². The maximum atomic E-state index is 13.2. The molecule has 0 aromatic rings. The number of fused-ring (bicyclic) bond motifs is 1. The van der Waals surface area contributed by atoms with E-state index < -0.39 is 0 Å². The Morgan fingerprint density at radius 3 is 2.25 bits per heavy atom. The summed E-state index contributed by atoms with van der Waals surface area (Å²) in [4.78, 5) is 15.5. The molecule has 2 fully saturated rings. The summed E-state index contributed by atoms with van der Waals surface area (Å²) in [6.07, 6.45) is 13.0.